The zero-order chi connectivity index (χ0) is 13.8. The fourth-order valence-corrected chi connectivity index (χ4v) is 2.21. The van der Waals surface area contributed by atoms with Gasteiger partial charge in [-0.2, -0.15) is 0 Å². The lowest BCUT2D eigenvalue weighted by Gasteiger charge is -2.24. The van der Waals surface area contributed by atoms with E-state index in [9.17, 15) is 9.59 Å². The number of rotatable bonds is 3. The van der Waals surface area contributed by atoms with E-state index < -0.39 is 6.03 Å². The van der Waals surface area contributed by atoms with E-state index in [4.69, 9.17) is 5.73 Å². The van der Waals surface area contributed by atoms with Gasteiger partial charge in [-0.05, 0) is 31.2 Å². The van der Waals surface area contributed by atoms with Crippen molar-refractivity contribution in [2.45, 2.75) is 12.5 Å². The van der Waals surface area contributed by atoms with E-state index in [0.29, 0.717) is 11.3 Å². The van der Waals surface area contributed by atoms with Crippen LogP contribution in [0.3, 0.4) is 0 Å². The summed E-state index contributed by atoms with van der Waals surface area (Å²) in [5.41, 5.74) is 6.12. The van der Waals surface area contributed by atoms with Crippen LogP contribution in [0, 0.1) is 0 Å². The van der Waals surface area contributed by atoms with Gasteiger partial charge in [0.1, 0.15) is 0 Å². The molecule has 2 rings (SSSR count). The number of anilines is 1. The molecule has 1 aliphatic heterocycles. The molecule has 7 heteroatoms. The zero-order valence-corrected chi connectivity index (χ0v) is 12.1. The maximum atomic E-state index is 12.3. The monoisotopic (exact) mass is 298 g/mol. The first kappa shape index (κ1) is 16.3. The summed E-state index contributed by atoms with van der Waals surface area (Å²) in [5, 5.41) is 5.69. The van der Waals surface area contributed by atoms with Crippen LogP contribution in [0.15, 0.2) is 24.3 Å². The van der Waals surface area contributed by atoms with Gasteiger partial charge in [-0.1, -0.05) is 6.07 Å². The molecule has 1 unspecified atom stereocenters. The second-order valence-electron chi connectivity index (χ2n) is 4.63. The van der Waals surface area contributed by atoms with Crippen LogP contribution in [0.25, 0.3) is 0 Å². The van der Waals surface area contributed by atoms with Gasteiger partial charge in [0.15, 0.2) is 0 Å². The van der Waals surface area contributed by atoms with Crippen molar-refractivity contribution in [3.8, 4) is 0 Å². The van der Waals surface area contributed by atoms with Crippen LogP contribution in [0.1, 0.15) is 16.8 Å². The highest BCUT2D eigenvalue weighted by molar-refractivity contribution is 5.96. The fraction of sp³-hybridized carbons (Fsp3) is 0.385. The first-order valence-electron chi connectivity index (χ1n) is 6.22. The Hall–Kier alpha value is -1.79. The molecule has 1 heterocycles. The van der Waals surface area contributed by atoms with Crippen molar-refractivity contribution in [2.24, 2.45) is 5.73 Å². The molecule has 0 aromatic heterocycles. The Morgan fingerprint density at radius 3 is 2.80 bits per heavy atom. The van der Waals surface area contributed by atoms with E-state index in [1.165, 1.54) is 0 Å². The first-order valence-corrected chi connectivity index (χ1v) is 6.22. The highest BCUT2D eigenvalue weighted by Crippen LogP contribution is 2.15. The molecule has 0 bridgehead atoms. The van der Waals surface area contributed by atoms with Gasteiger partial charge in [0.25, 0.3) is 5.91 Å². The number of nitrogens with one attached hydrogen (secondary N) is 2. The van der Waals surface area contributed by atoms with Gasteiger partial charge in [-0.15, -0.1) is 12.4 Å². The lowest BCUT2D eigenvalue weighted by Crippen LogP contribution is -2.38. The maximum absolute atomic E-state index is 12.3. The Kier molecular flexibility index (Phi) is 5.79. The molecule has 3 amide bonds. The van der Waals surface area contributed by atoms with Crippen LogP contribution in [0.4, 0.5) is 10.5 Å². The van der Waals surface area contributed by atoms with Crippen molar-refractivity contribution in [3.63, 3.8) is 0 Å². The predicted molar refractivity (Wildman–Crippen MR) is 80.3 cm³/mol. The molecule has 0 radical (unpaired) electrons. The largest absolute Gasteiger partial charge is 0.351 e. The number of carbonyl (C=O) groups is 2. The summed E-state index contributed by atoms with van der Waals surface area (Å²) in [6, 6.07) is 6.36. The van der Waals surface area contributed by atoms with E-state index in [1.807, 2.05) is 0 Å². The molecule has 0 saturated carbocycles. The molecule has 0 aliphatic carbocycles. The Morgan fingerprint density at radius 2 is 2.20 bits per heavy atom. The third-order valence-electron chi connectivity index (χ3n) is 3.28. The summed E-state index contributed by atoms with van der Waals surface area (Å²) in [5.74, 6) is -0.0539. The predicted octanol–water partition coefficient (Wildman–Crippen LogP) is 1.03. The molecule has 110 valence electrons. The maximum Gasteiger partial charge on any atom is 0.316 e. The molecule has 1 fully saturated rings. The second kappa shape index (κ2) is 7.12. The van der Waals surface area contributed by atoms with Crippen LogP contribution < -0.4 is 16.4 Å². The number of urea groups is 1. The standard InChI is InChI=1S/C13H18N4O2.ClH/c1-17(11-5-6-15-8-11)12(18)9-3-2-4-10(7-9)16-13(14)19;/h2-4,7,11,15H,5-6,8H2,1H3,(H3,14,16,19);1H. The molecular weight excluding hydrogens is 280 g/mol. The Labute approximate surface area is 124 Å². The van der Waals surface area contributed by atoms with Crippen molar-refractivity contribution in [1.82, 2.24) is 10.2 Å². The Bertz CT molecular complexity index is 489. The van der Waals surface area contributed by atoms with Crippen LogP contribution in [0.2, 0.25) is 0 Å². The van der Waals surface area contributed by atoms with E-state index in [0.717, 1.165) is 19.5 Å². The summed E-state index contributed by atoms with van der Waals surface area (Å²) in [6.07, 6.45) is 0.960. The van der Waals surface area contributed by atoms with Gasteiger partial charge in [0, 0.05) is 30.9 Å². The topological polar surface area (TPSA) is 87.5 Å². The Balaban J connectivity index is 0.00000200. The molecule has 20 heavy (non-hydrogen) atoms. The van der Waals surface area contributed by atoms with Crippen molar-refractivity contribution in [1.29, 1.82) is 0 Å². The normalized spacial score (nSPS) is 17.1. The number of hydrogen-bond donors (Lipinski definition) is 3. The van der Waals surface area contributed by atoms with Gasteiger partial charge < -0.3 is 21.3 Å². The number of halogens is 1. The molecule has 0 spiro atoms. The molecule has 1 aliphatic rings. The average Bonchev–Trinajstić information content (AvgIpc) is 2.90. The molecule has 6 nitrogen and oxygen atoms in total. The van der Waals surface area contributed by atoms with Crippen LogP contribution in [0.5, 0.6) is 0 Å². The van der Waals surface area contributed by atoms with Crippen molar-refractivity contribution < 1.29 is 9.59 Å². The number of nitrogens with zero attached hydrogens (tertiary/aromatic N) is 1. The first-order chi connectivity index (χ1) is 9.08. The summed E-state index contributed by atoms with van der Waals surface area (Å²) < 4.78 is 0. The lowest BCUT2D eigenvalue weighted by atomic mass is 10.1. The third-order valence-corrected chi connectivity index (χ3v) is 3.28. The van der Waals surface area contributed by atoms with Gasteiger partial charge in [-0.25, -0.2) is 4.79 Å². The summed E-state index contributed by atoms with van der Waals surface area (Å²) in [4.78, 5) is 24.9. The quantitative estimate of drug-likeness (QED) is 0.779. The van der Waals surface area contributed by atoms with E-state index in [-0.39, 0.29) is 24.4 Å². The SMILES string of the molecule is CN(C(=O)c1cccc(NC(N)=O)c1)C1CCNC1.Cl. The van der Waals surface area contributed by atoms with Crippen molar-refractivity contribution in [2.75, 3.05) is 25.5 Å². The van der Waals surface area contributed by atoms with Gasteiger partial charge in [-0.3, -0.25) is 4.79 Å². The summed E-state index contributed by atoms with van der Waals surface area (Å²) in [6.45, 7) is 1.76. The number of primary amides is 1. The van der Waals surface area contributed by atoms with E-state index >= 15 is 0 Å². The number of benzene rings is 1. The minimum Gasteiger partial charge on any atom is -0.351 e. The van der Waals surface area contributed by atoms with E-state index in [2.05, 4.69) is 10.6 Å². The van der Waals surface area contributed by atoms with Crippen LogP contribution in [-0.4, -0.2) is 43.0 Å². The molecule has 4 N–H and O–H groups in total. The molecular formula is C13H19ClN4O2. The van der Waals surface area contributed by atoms with Crippen molar-refractivity contribution >= 4 is 30.0 Å². The summed E-state index contributed by atoms with van der Waals surface area (Å²) in [7, 11) is 1.80. The number of likely N-dealkylation sites (N-methyl/N-ethyl adjacent to an activating group) is 1. The summed E-state index contributed by atoms with van der Waals surface area (Å²) >= 11 is 0. The smallest absolute Gasteiger partial charge is 0.316 e. The molecule has 1 aromatic rings. The van der Waals surface area contributed by atoms with Crippen molar-refractivity contribution in [3.05, 3.63) is 29.8 Å². The Morgan fingerprint density at radius 1 is 1.45 bits per heavy atom. The number of nitrogens with two attached hydrogens (primary N) is 1. The van der Waals surface area contributed by atoms with Gasteiger partial charge in [0.05, 0.1) is 0 Å². The third kappa shape index (κ3) is 3.85. The van der Waals surface area contributed by atoms with Gasteiger partial charge >= 0.3 is 6.03 Å². The fourth-order valence-electron chi connectivity index (χ4n) is 2.21. The second-order valence-corrected chi connectivity index (χ2v) is 4.63. The highest BCUT2D eigenvalue weighted by Gasteiger charge is 2.24. The number of amides is 3. The van der Waals surface area contributed by atoms with Crippen LogP contribution >= 0.6 is 12.4 Å². The number of hydrogen-bond acceptors (Lipinski definition) is 3. The van der Waals surface area contributed by atoms with Gasteiger partial charge in [0.2, 0.25) is 0 Å². The highest BCUT2D eigenvalue weighted by atomic mass is 35.5. The molecule has 1 atom stereocenters. The van der Waals surface area contributed by atoms with Crippen LogP contribution in [-0.2, 0) is 0 Å². The number of carbonyl (C=O) groups excluding carboxylic acids is 2. The molecule has 1 saturated heterocycles. The zero-order valence-electron chi connectivity index (χ0n) is 11.3. The lowest BCUT2D eigenvalue weighted by molar-refractivity contribution is 0.0744. The minimum atomic E-state index is -0.641. The minimum absolute atomic E-state index is 0. The molecule has 1 aromatic carbocycles. The average molecular weight is 299 g/mol. The van der Waals surface area contributed by atoms with E-state index in [1.54, 1.807) is 36.2 Å².